The second-order valence-electron chi connectivity index (χ2n) is 6.45. The molecule has 5 heteroatoms. The van der Waals surface area contributed by atoms with Gasteiger partial charge in [0.25, 0.3) is 5.56 Å². The number of ether oxygens (including phenoxy) is 1. The third kappa shape index (κ3) is 2.96. The first-order valence-corrected chi connectivity index (χ1v) is 9.79. The Kier molecular flexibility index (Phi) is 4.14. The van der Waals surface area contributed by atoms with E-state index in [1.165, 1.54) is 11.3 Å². The molecule has 4 nitrogen and oxygen atoms in total. The number of hydrogen-bond donors (Lipinski definition) is 0. The summed E-state index contributed by atoms with van der Waals surface area (Å²) in [5.41, 5.74) is 3.61. The summed E-state index contributed by atoms with van der Waals surface area (Å²) in [5.74, 6) is 0.752. The van der Waals surface area contributed by atoms with Crippen molar-refractivity contribution in [3.63, 3.8) is 0 Å². The molecule has 28 heavy (non-hydrogen) atoms. The second-order valence-corrected chi connectivity index (χ2v) is 7.46. The molecular formula is C23H16N2O2S. The lowest BCUT2D eigenvalue weighted by Gasteiger charge is -2.08. The van der Waals surface area contributed by atoms with Crippen LogP contribution in [0.2, 0.25) is 0 Å². The van der Waals surface area contributed by atoms with Crippen LogP contribution in [0.25, 0.3) is 22.1 Å². The highest BCUT2D eigenvalue weighted by molar-refractivity contribution is 7.15. The van der Waals surface area contributed by atoms with Gasteiger partial charge in [0.2, 0.25) is 0 Å². The van der Waals surface area contributed by atoms with Crippen molar-refractivity contribution in [1.82, 2.24) is 9.38 Å². The maximum atomic E-state index is 13.0. The van der Waals surface area contributed by atoms with Crippen LogP contribution in [-0.4, -0.2) is 9.38 Å². The van der Waals surface area contributed by atoms with Crippen LogP contribution in [0.5, 0.6) is 5.75 Å². The number of aromatic nitrogens is 2. The molecule has 0 unspecified atom stereocenters. The van der Waals surface area contributed by atoms with Gasteiger partial charge in [-0.1, -0.05) is 72.0 Å². The summed E-state index contributed by atoms with van der Waals surface area (Å²) in [5, 5.41) is 0. The fourth-order valence-electron chi connectivity index (χ4n) is 3.22. The van der Waals surface area contributed by atoms with Crippen LogP contribution in [0.4, 0.5) is 0 Å². The minimum absolute atomic E-state index is 0.0495. The van der Waals surface area contributed by atoms with Gasteiger partial charge in [0.1, 0.15) is 12.4 Å². The molecule has 0 spiro atoms. The van der Waals surface area contributed by atoms with Gasteiger partial charge in [0, 0.05) is 5.56 Å². The first-order valence-electron chi connectivity index (χ1n) is 8.97. The van der Waals surface area contributed by atoms with E-state index >= 15 is 0 Å². The number of rotatable bonds is 4. The Balaban J connectivity index is 1.56. The Morgan fingerprint density at radius 2 is 1.68 bits per heavy atom. The van der Waals surface area contributed by atoms with Crippen molar-refractivity contribution in [3.05, 3.63) is 105 Å². The number of nitrogens with zero attached hydrogens (tertiary/aromatic N) is 2. The van der Waals surface area contributed by atoms with E-state index in [0.717, 1.165) is 27.9 Å². The molecule has 0 aliphatic rings. The molecular weight excluding hydrogens is 368 g/mol. The molecule has 0 saturated heterocycles. The predicted molar refractivity (Wildman–Crippen MR) is 113 cm³/mol. The minimum atomic E-state index is -0.0495. The molecule has 0 amide bonds. The van der Waals surface area contributed by atoms with Crippen LogP contribution in [0, 0.1) is 0 Å². The summed E-state index contributed by atoms with van der Waals surface area (Å²) >= 11 is 1.40. The van der Waals surface area contributed by atoms with Crippen molar-refractivity contribution in [2.24, 2.45) is 0 Å². The number of hydrogen-bond acceptors (Lipinski definition) is 4. The van der Waals surface area contributed by atoms with E-state index in [-0.39, 0.29) is 5.56 Å². The van der Waals surface area contributed by atoms with Gasteiger partial charge in [-0.15, -0.1) is 0 Å². The Morgan fingerprint density at radius 3 is 2.57 bits per heavy atom. The van der Waals surface area contributed by atoms with Crippen molar-refractivity contribution < 1.29 is 4.74 Å². The molecule has 3 aromatic carbocycles. The van der Waals surface area contributed by atoms with Crippen molar-refractivity contribution >= 4 is 33.4 Å². The summed E-state index contributed by atoms with van der Waals surface area (Å²) < 4.78 is 8.33. The second kappa shape index (κ2) is 6.94. The van der Waals surface area contributed by atoms with Crippen molar-refractivity contribution in [2.45, 2.75) is 6.61 Å². The highest BCUT2D eigenvalue weighted by Gasteiger charge is 2.11. The standard InChI is InChI=1S/C23H16N2O2S/c26-22-21(28-23-24-18-11-5-6-12-19(18)25(22)23)14-17-10-4-7-13-20(17)27-15-16-8-2-1-3-9-16/h1-14H,15H2. The third-order valence-corrected chi connectivity index (χ3v) is 5.56. The molecule has 0 aliphatic heterocycles. The third-order valence-electron chi connectivity index (χ3n) is 4.59. The van der Waals surface area contributed by atoms with E-state index < -0.39 is 0 Å². The summed E-state index contributed by atoms with van der Waals surface area (Å²) in [6.45, 7) is 0.480. The van der Waals surface area contributed by atoms with Crippen LogP contribution in [0.1, 0.15) is 11.1 Å². The molecule has 0 bridgehead atoms. The molecule has 2 heterocycles. The number of fused-ring (bicyclic) bond motifs is 3. The molecule has 5 aromatic rings. The van der Waals surface area contributed by atoms with Crippen LogP contribution >= 0.6 is 11.3 Å². The summed E-state index contributed by atoms with van der Waals surface area (Å²) in [7, 11) is 0. The molecule has 0 fully saturated rings. The van der Waals surface area contributed by atoms with Crippen molar-refractivity contribution in [1.29, 1.82) is 0 Å². The number of imidazole rings is 1. The fraction of sp³-hybridized carbons (Fsp3) is 0.0435. The molecule has 136 valence electrons. The summed E-state index contributed by atoms with van der Waals surface area (Å²) in [4.78, 5) is 18.2. The number of para-hydroxylation sites is 3. The minimum Gasteiger partial charge on any atom is -0.488 e. The average molecular weight is 384 g/mol. The number of benzene rings is 3. The predicted octanol–water partition coefficient (Wildman–Crippen LogP) is 4.04. The maximum Gasteiger partial charge on any atom is 0.274 e. The molecule has 5 rings (SSSR count). The molecule has 0 atom stereocenters. The molecule has 0 radical (unpaired) electrons. The maximum absolute atomic E-state index is 13.0. The van der Waals surface area contributed by atoms with Gasteiger partial charge < -0.3 is 4.74 Å². The lowest BCUT2D eigenvalue weighted by Crippen LogP contribution is -2.22. The Bertz CT molecular complexity index is 1390. The Morgan fingerprint density at radius 1 is 0.929 bits per heavy atom. The normalized spacial score (nSPS) is 12.1. The zero-order valence-electron chi connectivity index (χ0n) is 14.9. The summed E-state index contributed by atoms with van der Waals surface area (Å²) in [6, 6.07) is 25.5. The molecule has 0 saturated carbocycles. The first-order chi connectivity index (χ1) is 13.8. The zero-order valence-corrected chi connectivity index (χ0v) is 15.7. The highest BCUT2D eigenvalue weighted by atomic mass is 32.1. The fourth-order valence-corrected chi connectivity index (χ4v) is 4.20. The Hall–Kier alpha value is -3.44. The van der Waals surface area contributed by atoms with Gasteiger partial charge in [-0.05, 0) is 29.8 Å². The van der Waals surface area contributed by atoms with Crippen molar-refractivity contribution in [3.8, 4) is 5.75 Å². The van der Waals surface area contributed by atoms with Gasteiger partial charge in [-0.3, -0.25) is 4.79 Å². The SMILES string of the molecule is O=c1c(=Cc2ccccc2OCc2ccccc2)sc2nc3ccccc3n12. The average Bonchev–Trinajstić information content (AvgIpc) is 3.24. The van der Waals surface area contributed by atoms with Gasteiger partial charge in [0.15, 0.2) is 4.96 Å². The van der Waals surface area contributed by atoms with Gasteiger partial charge in [-0.2, -0.15) is 0 Å². The topological polar surface area (TPSA) is 43.6 Å². The monoisotopic (exact) mass is 384 g/mol. The van der Waals surface area contributed by atoms with Crippen molar-refractivity contribution in [2.75, 3.05) is 0 Å². The van der Waals surface area contributed by atoms with Gasteiger partial charge in [0.05, 0.1) is 15.6 Å². The quantitative estimate of drug-likeness (QED) is 0.470. The smallest absolute Gasteiger partial charge is 0.274 e. The highest BCUT2D eigenvalue weighted by Crippen LogP contribution is 2.21. The lowest BCUT2D eigenvalue weighted by atomic mass is 10.2. The van der Waals surface area contributed by atoms with Crippen LogP contribution in [0.15, 0.2) is 83.7 Å². The van der Waals surface area contributed by atoms with Crippen LogP contribution in [0.3, 0.4) is 0 Å². The van der Waals surface area contributed by atoms with E-state index in [2.05, 4.69) is 4.98 Å². The Labute approximate surface area is 165 Å². The van der Waals surface area contributed by atoms with Gasteiger partial charge in [-0.25, -0.2) is 9.38 Å². The van der Waals surface area contributed by atoms with Crippen LogP contribution < -0.4 is 14.8 Å². The zero-order chi connectivity index (χ0) is 18.9. The molecule has 0 N–H and O–H groups in total. The van der Waals surface area contributed by atoms with E-state index in [1.54, 1.807) is 4.40 Å². The molecule has 2 aromatic heterocycles. The number of thiazole rings is 1. The van der Waals surface area contributed by atoms with E-state index in [4.69, 9.17) is 4.74 Å². The van der Waals surface area contributed by atoms with E-state index in [0.29, 0.717) is 16.1 Å². The van der Waals surface area contributed by atoms with E-state index in [9.17, 15) is 4.79 Å². The summed E-state index contributed by atoms with van der Waals surface area (Å²) in [6.07, 6.45) is 1.89. The van der Waals surface area contributed by atoms with Crippen LogP contribution in [-0.2, 0) is 6.61 Å². The van der Waals surface area contributed by atoms with E-state index in [1.807, 2.05) is 84.9 Å². The molecule has 0 aliphatic carbocycles. The van der Waals surface area contributed by atoms with Gasteiger partial charge >= 0.3 is 0 Å². The lowest BCUT2D eigenvalue weighted by molar-refractivity contribution is 0.305. The largest absolute Gasteiger partial charge is 0.488 e. The first kappa shape index (κ1) is 16.7.